The Morgan fingerprint density at radius 1 is 1.11 bits per heavy atom. The van der Waals surface area contributed by atoms with Crippen molar-refractivity contribution in [1.82, 2.24) is 19.7 Å². The van der Waals surface area contributed by atoms with Crippen LogP contribution in [0.2, 0.25) is 0 Å². The maximum Gasteiger partial charge on any atom is 0.0973 e. The van der Waals surface area contributed by atoms with E-state index in [2.05, 4.69) is 28.2 Å². The molecule has 3 aromatic rings. The lowest BCUT2D eigenvalue weighted by Gasteiger charge is -2.22. The fourth-order valence-corrected chi connectivity index (χ4v) is 3.44. The number of aliphatic hydroxyl groups is 1. The number of rotatable bonds is 5. The van der Waals surface area contributed by atoms with Crippen LogP contribution in [0.15, 0.2) is 61.1 Å². The number of hydrogen-bond donors (Lipinski definition) is 1. The summed E-state index contributed by atoms with van der Waals surface area (Å²) in [6, 6.07) is 14.1. The Kier molecular flexibility index (Phi) is 5.58. The van der Waals surface area contributed by atoms with E-state index in [4.69, 9.17) is 9.84 Å². The number of benzene rings is 1. The van der Waals surface area contributed by atoms with Gasteiger partial charge in [-0.25, -0.2) is 4.68 Å². The molecule has 1 aliphatic heterocycles. The van der Waals surface area contributed by atoms with E-state index >= 15 is 0 Å². The maximum absolute atomic E-state index is 9.56. The van der Waals surface area contributed by atoms with Gasteiger partial charge in [-0.2, -0.15) is 5.10 Å². The van der Waals surface area contributed by atoms with Crippen LogP contribution in [0.5, 0.6) is 0 Å². The van der Waals surface area contributed by atoms with Crippen molar-refractivity contribution in [3.8, 4) is 16.9 Å². The number of hydrogen-bond acceptors (Lipinski definition) is 5. The van der Waals surface area contributed by atoms with Crippen LogP contribution in [0.3, 0.4) is 0 Å². The van der Waals surface area contributed by atoms with E-state index < -0.39 is 0 Å². The third-order valence-corrected chi connectivity index (χ3v) is 4.84. The zero-order valence-corrected chi connectivity index (χ0v) is 15.2. The molecule has 6 nitrogen and oxygen atoms in total. The Morgan fingerprint density at radius 3 is 2.70 bits per heavy atom. The van der Waals surface area contributed by atoms with Crippen molar-refractivity contribution in [2.75, 3.05) is 32.9 Å². The van der Waals surface area contributed by atoms with Crippen molar-refractivity contribution in [2.45, 2.75) is 6.54 Å². The molecule has 0 amide bonds. The lowest BCUT2D eigenvalue weighted by atomic mass is 10.1. The highest BCUT2D eigenvalue weighted by Crippen LogP contribution is 2.25. The van der Waals surface area contributed by atoms with Crippen LogP contribution in [0.25, 0.3) is 16.9 Å². The van der Waals surface area contributed by atoms with Crippen LogP contribution >= 0.6 is 0 Å². The number of pyridine rings is 1. The van der Waals surface area contributed by atoms with Gasteiger partial charge in [0.2, 0.25) is 0 Å². The van der Waals surface area contributed by atoms with Gasteiger partial charge in [0, 0.05) is 61.9 Å². The molecule has 4 rings (SSSR count). The quantitative estimate of drug-likeness (QED) is 0.753. The number of ether oxygens (including phenoxy) is 1. The SMILES string of the molecule is OC[C@H]1COCCN(Cc2cn(-c3ccccc3)nc2-c2ccncc2)C1. The molecule has 27 heavy (non-hydrogen) atoms. The van der Waals surface area contributed by atoms with Crippen molar-refractivity contribution in [1.29, 1.82) is 0 Å². The summed E-state index contributed by atoms with van der Waals surface area (Å²) < 4.78 is 7.56. The van der Waals surface area contributed by atoms with Crippen molar-refractivity contribution >= 4 is 0 Å². The number of nitrogens with zero attached hydrogens (tertiary/aromatic N) is 4. The van der Waals surface area contributed by atoms with E-state index in [1.807, 2.05) is 35.0 Å². The topological polar surface area (TPSA) is 63.4 Å². The van der Waals surface area contributed by atoms with Gasteiger partial charge in [0.25, 0.3) is 0 Å². The van der Waals surface area contributed by atoms with Crippen LogP contribution in [-0.4, -0.2) is 57.7 Å². The highest BCUT2D eigenvalue weighted by atomic mass is 16.5. The molecule has 2 aromatic heterocycles. The lowest BCUT2D eigenvalue weighted by molar-refractivity contribution is 0.0958. The molecule has 0 aliphatic carbocycles. The largest absolute Gasteiger partial charge is 0.396 e. The van der Waals surface area contributed by atoms with E-state index in [1.165, 1.54) is 0 Å². The fourth-order valence-electron chi connectivity index (χ4n) is 3.44. The Balaban J connectivity index is 1.66. The van der Waals surface area contributed by atoms with E-state index in [0.717, 1.165) is 42.1 Å². The molecule has 0 bridgehead atoms. The molecule has 1 aliphatic rings. The number of aliphatic hydroxyl groups excluding tert-OH is 1. The minimum Gasteiger partial charge on any atom is -0.396 e. The van der Waals surface area contributed by atoms with Gasteiger partial charge >= 0.3 is 0 Å². The standard InChI is InChI=1S/C21H24N4O2/c26-15-17-12-24(10-11-27-16-17)13-19-14-25(20-4-2-1-3-5-20)23-21(19)18-6-8-22-9-7-18/h1-9,14,17,26H,10-13,15-16H2/t17-/m0/s1. The molecule has 0 unspecified atom stereocenters. The van der Waals surface area contributed by atoms with Crippen LogP contribution in [0.4, 0.5) is 0 Å². The minimum absolute atomic E-state index is 0.150. The van der Waals surface area contributed by atoms with Gasteiger partial charge in [-0.15, -0.1) is 0 Å². The van der Waals surface area contributed by atoms with Gasteiger partial charge in [0.05, 0.1) is 24.6 Å². The fraction of sp³-hybridized carbons (Fsp3) is 0.333. The summed E-state index contributed by atoms with van der Waals surface area (Å²) in [5.41, 5.74) is 4.21. The average Bonchev–Trinajstić information content (AvgIpc) is 3.01. The minimum atomic E-state index is 0.150. The third-order valence-electron chi connectivity index (χ3n) is 4.84. The summed E-state index contributed by atoms with van der Waals surface area (Å²) in [7, 11) is 0. The Hall–Kier alpha value is -2.54. The number of para-hydroxylation sites is 1. The molecule has 0 saturated carbocycles. The summed E-state index contributed by atoms with van der Waals surface area (Å²) in [4.78, 5) is 6.46. The summed E-state index contributed by atoms with van der Waals surface area (Å²) in [5, 5.41) is 14.4. The summed E-state index contributed by atoms with van der Waals surface area (Å²) in [6.07, 6.45) is 5.69. The molecular weight excluding hydrogens is 340 g/mol. The van der Waals surface area contributed by atoms with Gasteiger partial charge in [-0.3, -0.25) is 9.88 Å². The molecule has 6 heteroatoms. The van der Waals surface area contributed by atoms with Gasteiger partial charge in [-0.1, -0.05) is 18.2 Å². The van der Waals surface area contributed by atoms with Crippen molar-refractivity contribution in [3.05, 3.63) is 66.6 Å². The van der Waals surface area contributed by atoms with Crippen LogP contribution in [0.1, 0.15) is 5.56 Å². The lowest BCUT2D eigenvalue weighted by Crippen LogP contribution is -2.31. The predicted octanol–water partition coefficient (Wildman–Crippen LogP) is 2.38. The molecule has 1 aromatic carbocycles. The second kappa shape index (κ2) is 8.43. The zero-order chi connectivity index (χ0) is 18.5. The van der Waals surface area contributed by atoms with Gasteiger partial charge < -0.3 is 9.84 Å². The first-order valence-electron chi connectivity index (χ1n) is 9.29. The first-order valence-corrected chi connectivity index (χ1v) is 9.29. The Labute approximate surface area is 159 Å². The average molecular weight is 364 g/mol. The predicted molar refractivity (Wildman–Crippen MR) is 103 cm³/mol. The molecule has 0 spiro atoms. The molecule has 1 atom stereocenters. The molecule has 3 heterocycles. The smallest absolute Gasteiger partial charge is 0.0973 e. The Bertz CT molecular complexity index is 851. The van der Waals surface area contributed by atoms with E-state index in [0.29, 0.717) is 13.2 Å². The molecule has 140 valence electrons. The summed E-state index contributed by atoms with van der Waals surface area (Å²) in [6.45, 7) is 3.90. The second-order valence-electron chi connectivity index (χ2n) is 6.88. The summed E-state index contributed by atoms with van der Waals surface area (Å²) in [5.74, 6) is 0.154. The molecule has 1 N–H and O–H groups in total. The molecular formula is C21H24N4O2. The first-order chi connectivity index (χ1) is 13.3. The molecule has 0 radical (unpaired) electrons. The van der Waals surface area contributed by atoms with Gasteiger partial charge in [-0.05, 0) is 24.3 Å². The van der Waals surface area contributed by atoms with Crippen molar-refractivity contribution in [3.63, 3.8) is 0 Å². The van der Waals surface area contributed by atoms with Crippen molar-refractivity contribution in [2.24, 2.45) is 5.92 Å². The van der Waals surface area contributed by atoms with Crippen LogP contribution in [-0.2, 0) is 11.3 Å². The third kappa shape index (κ3) is 4.24. The highest BCUT2D eigenvalue weighted by molar-refractivity contribution is 5.62. The highest BCUT2D eigenvalue weighted by Gasteiger charge is 2.21. The molecule has 1 fully saturated rings. The van der Waals surface area contributed by atoms with E-state index in [-0.39, 0.29) is 12.5 Å². The normalized spacial score (nSPS) is 18.3. The first kappa shape index (κ1) is 17.9. The van der Waals surface area contributed by atoms with Crippen molar-refractivity contribution < 1.29 is 9.84 Å². The molecule has 1 saturated heterocycles. The van der Waals surface area contributed by atoms with Gasteiger partial charge in [0.15, 0.2) is 0 Å². The zero-order valence-electron chi connectivity index (χ0n) is 15.2. The van der Waals surface area contributed by atoms with Crippen LogP contribution in [0, 0.1) is 5.92 Å². The van der Waals surface area contributed by atoms with Gasteiger partial charge in [0.1, 0.15) is 0 Å². The van der Waals surface area contributed by atoms with Crippen LogP contribution < -0.4 is 0 Å². The van der Waals surface area contributed by atoms with E-state index in [1.54, 1.807) is 12.4 Å². The number of aromatic nitrogens is 3. The second-order valence-corrected chi connectivity index (χ2v) is 6.88. The summed E-state index contributed by atoms with van der Waals surface area (Å²) >= 11 is 0. The maximum atomic E-state index is 9.56. The van der Waals surface area contributed by atoms with E-state index in [9.17, 15) is 5.11 Å². The Morgan fingerprint density at radius 2 is 1.93 bits per heavy atom. The monoisotopic (exact) mass is 364 g/mol.